The Kier molecular flexibility index (Phi) is 3.85. The van der Waals surface area contributed by atoms with Gasteiger partial charge < -0.3 is 15.6 Å². The molecule has 0 saturated heterocycles. The van der Waals surface area contributed by atoms with E-state index in [1.807, 2.05) is 0 Å². The summed E-state index contributed by atoms with van der Waals surface area (Å²) in [5, 5.41) is 5.35. The highest BCUT2D eigenvalue weighted by Crippen LogP contribution is 2.21. The number of hydrogen-bond acceptors (Lipinski definition) is 4. The molecule has 4 amide bonds. The minimum Gasteiger partial charge on any atom is -0.345 e. The minimum absolute atomic E-state index is 0.110. The molecular formula is C18H15N5O3. The summed E-state index contributed by atoms with van der Waals surface area (Å²) in [4.78, 5) is 44.7. The lowest BCUT2D eigenvalue weighted by Gasteiger charge is -2.14. The standard InChI is InChI=1S/C18H15N5O3/c24-16-12-3-1-2-4-13(12)17(25)23(16)8-7-19-18(26)22-11-5-6-14-15(9-11)21-10-20-14/h1-6,9-10H,7-8H2,(H,20,21)(H2,19,22,26). The first-order chi connectivity index (χ1) is 12.6. The van der Waals surface area contributed by atoms with Crippen molar-refractivity contribution in [1.82, 2.24) is 20.2 Å². The van der Waals surface area contributed by atoms with Crippen LogP contribution < -0.4 is 10.6 Å². The number of nitrogens with zero attached hydrogens (tertiary/aromatic N) is 2. The lowest BCUT2D eigenvalue weighted by atomic mass is 10.1. The van der Waals surface area contributed by atoms with Gasteiger partial charge in [-0.25, -0.2) is 9.78 Å². The molecule has 0 fully saturated rings. The van der Waals surface area contributed by atoms with Crippen molar-refractivity contribution in [2.45, 2.75) is 0 Å². The van der Waals surface area contributed by atoms with Crippen molar-refractivity contribution in [2.24, 2.45) is 0 Å². The molecule has 130 valence electrons. The van der Waals surface area contributed by atoms with Gasteiger partial charge in [0.15, 0.2) is 0 Å². The van der Waals surface area contributed by atoms with Crippen LogP contribution in [0.2, 0.25) is 0 Å². The van der Waals surface area contributed by atoms with E-state index in [4.69, 9.17) is 0 Å². The van der Waals surface area contributed by atoms with Crippen molar-refractivity contribution < 1.29 is 14.4 Å². The fraction of sp³-hybridized carbons (Fsp3) is 0.111. The first-order valence-electron chi connectivity index (χ1n) is 8.07. The van der Waals surface area contributed by atoms with Gasteiger partial charge in [-0.05, 0) is 30.3 Å². The molecule has 0 aliphatic carbocycles. The maximum atomic E-state index is 12.2. The van der Waals surface area contributed by atoms with Crippen molar-refractivity contribution in [2.75, 3.05) is 18.4 Å². The van der Waals surface area contributed by atoms with Gasteiger partial charge >= 0.3 is 6.03 Å². The highest BCUT2D eigenvalue weighted by molar-refractivity contribution is 6.21. The molecule has 1 aliphatic rings. The highest BCUT2D eigenvalue weighted by Gasteiger charge is 2.34. The van der Waals surface area contributed by atoms with E-state index in [2.05, 4.69) is 20.6 Å². The van der Waals surface area contributed by atoms with Crippen molar-refractivity contribution in [3.8, 4) is 0 Å². The monoisotopic (exact) mass is 349 g/mol. The number of carbonyl (C=O) groups excluding carboxylic acids is 3. The molecule has 8 heteroatoms. The molecule has 8 nitrogen and oxygen atoms in total. The van der Waals surface area contributed by atoms with Gasteiger partial charge in [0, 0.05) is 18.8 Å². The van der Waals surface area contributed by atoms with Crippen LogP contribution in [0.25, 0.3) is 11.0 Å². The number of aromatic amines is 1. The van der Waals surface area contributed by atoms with Gasteiger partial charge in [-0.1, -0.05) is 12.1 Å². The van der Waals surface area contributed by atoms with Crippen LogP contribution in [0.4, 0.5) is 10.5 Å². The van der Waals surface area contributed by atoms with Crippen LogP contribution >= 0.6 is 0 Å². The van der Waals surface area contributed by atoms with Gasteiger partial charge in [-0.2, -0.15) is 0 Å². The maximum absolute atomic E-state index is 12.2. The number of urea groups is 1. The summed E-state index contributed by atoms with van der Waals surface area (Å²) < 4.78 is 0. The maximum Gasteiger partial charge on any atom is 0.319 e. The Labute approximate surface area is 148 Å². The SMILES string of the molecule is O=C(NCCN1C(=O)c2ccccc2C1=O)Nc1ccc2nc[nH]c2c1. The Bertz CT molecular complexity index is 991. The number of imide groups is 1. The number of carbonyl (C=O) groups is 3. The van der Waals surface area contributed by atoms with Gasteiger partial charge in [0.2, 0.25) is 0 Å². The fourth-order valence-electron chi connectivity index (χ4n) is 2.91. The Morgan fingerprint density at radius 3 is 2.54 bits per heavy atom. The quantitative estimate of drug-likeness (QED) is 0.626. The molecule has 0 radical (unpaired) electrons. The number of aromatic nitrogens is 2. The number of nitrogens with one attached hydrogen (secondary N) is 3. The lowest BCUT2D eigenvalue weighted by Crippen LogP contribution is -2.39. The van der Waals surface area contributed by atoms with Gasteiger partial charge in [-0.15, -0.1) is 0 Å². The average Bonchev–Trinajstić information content (AvgIpc) is 3.20. The van der Waals surface area contributed by atoms with Gasteiger partial charge in [0.1, 0.15) is 0 Å². The predicted octanol–water partition coefficient (Wildman–Crippen LogP) is 1.98. The number of imidazole rings is 1. The van der Waals surface area contributed by atoms with E-state index in [0.29, 0.717) is 16.8 Å². The average molecular weight is 349 g/mol. The minimum atomic E-state index is -0.416. The molecule has 3 N–H and O–H groups in total. The van der Waals surface area contributed by atoms with E-state index in [1.54, 1.807) is 48.8 Å². The molecule has 2 heterocycles. The molecule has 1 aliphatic heterocycles. The van der Waals surface area contributed by atoms with Crippen LogP contribution in [-0.4, -0.2) is 45.8 Å². The summed E-state index contributed by atoms with van der Waals surface area (Å²) >= 11 is 0. The van der Waals surface area contributed by atoms with Crippen molar-refractivity contribution in [1.29, 1.82) is 0 Å². The van der Waals surface area contributed by atoms with Crippen LogP contribution in [0.15, 0.2) is 48.8 Å². The molecule has 0 spiro atoms. The molecular weight excluding hydrogens is 334 g/mol. The second-order valence-electron chi connectivity index (χ2n) is 5.82. The third-order valence-electron chi connectivity index (χ3n) is 4.18. The zero-order chi connectivity index (χ0) is 18.1. The zero-order valence-corrected chi connectivity index (χ0v) is 13.7. The summed E-state index contributed by atoms with van der Waals surface area (Å²) in [6.07, 6.45) is 1.58. The predicted molar refractivity (Wildman–Crippen MR) is 94.9 cm³/mol. The van der Waals surface area contributed by atoms with E-state index in [1.165, 1.54) is 0 Å². The number of amides is 4. The first-order valence-corrected chi connectivity index (χ1v) is 8.07. The molecule has 0 atom stereocenters. The van der Waals surface area contributed by atoms with E-state index >= 15 is 0 Å². The molecule has 4 rings (SSSR count). The number of benzene rings is 2. The molecule has 2 aromatic carbocycles. The number of H-pyrrole nitrogens is 1. The van der Waals surface area contributed by atoms with E-state index in [9.17, 15) is 14.4 Å². The first kappa shape index (κ1) is 15.8. The van der Waals surface area contributed by atoms with Crippen molar-refractivity contribution >= 4 is 34.6 Å². The van der Waals surface area contributed by atoms with Crippen LogP contribution in [0.5, 0.6) is 0 Å². The zero-order valence-electron chi connectivity index (χ0n) is 13.7. The topological polar surface area (TPSA) is 107 Å². The highest BCUT2D eigenvalue weighted by atomic mass is 16.2. The molecule has 1 aromatic heterocycles. The third kappa shape index (κ3) is 2.77. The molecule has 0 saturated carbocycles. The summed E-state index contributed by atoms with van der Waals surface area (Å²) in [7, 11) is 0. The molecule has 26 heavy (non-hydrogen) atoms. The van der Waals surface area contributed by atoms with Crippen LogP contribution in [0.1, 0.15) is 20.7 Å². The lowest BCUT2D eigenvalue weighted by molar-refractivity contribution is 0.0656. The number of anilines is 1. The Balaban J connectivity index is 1.33. The summed E-state index contributed by atoms with van der Waals surface area (Å²) in [6.45, 7) is 0.267. The normalized spacial score (nSPS) is 13.2. The summed E-state index contributed by atoms with van der Waals surface area (Å²) in [6, 6.07) is 11.6. The number of hydrogen-bond donors (Lipinski definition) is 3. The largest absolute Gasteiger partial charge is 0.345 e. The number of fused-ring (bicyclic) bond motifs is 2. The molecule has 3 aromatic rings. The van der Waals surface area contributed by atoms with Crippen LogP contribution in [0.3, 0.4) is 0 Å². The fourth-order valence-corrected chi connectivity index (χ4v) is 2.91. The summed E-state index contributed by atoms with van der Waals surface area (Å²) in [5.41, 5.74) is 3.03. The smallest absolute Gasteiger partial charge is 0.319 e. The second-order valence-corrected chi connectivity index (χ2v) is 5.82. The van der Waals surface area contributed by atoms with Crippen LogP contribution in [0, 0.1) is 0 Å². The number of rotatable bonds is 4. The van der Waals surface area contributed by atoms with Crippen molar-refractivity contribution in [3.63, 3.8) is 0 Å². The van der Waals surface area contributed by atoms with Crippen LogP contribution in [-0.2, 0) is 0 Å². The Morgan fingerprint density at radius 2 is 1.81 bits per heavy atom. The third-order valence-corrected chi connectivity index (χ3v) is 4.18. The Morgan fingerprint density at radius 1 is 1.08 bits per heavy atom. The molecule has 0 bridgehead atoms. The van der Waals surface area contributed by atoms with Gasteiger partial charge in [-0.3, -0.25) is 14.5 Å². The summed E-state index contributed by atoms with van der Waals surface area (Å²) in [5.74, 6) is -0.671. The second kappa shape index (κ2) is 6.32. The van der Waals surface area contributed by atoms with E-state index < -0.39 is 6.03 Å². The van der Waals surface area contributed by atoms with Gasteiger partial charge in [0.05, 0.1) is 28.5 Å². The van der Waals surface area contributed by atoms with E-state index in [-0.39, 0.29) is 24.9 Å². The molecule has 0 unspecified atom stereocenters. The Hall–Kier alpha value is -3.68. The van der Waals surface area contributed by atoms with Crippen molar-refractivity contribution in [3.05, 3.63) is 59.9 Å². The van der Waals surface area contributed by atoms with E-state index in [0.717, 1.165) is 15.9 Å². The van der Waals surface area contributed by atoms with Gasteiger partial charge in [0.25, 0.3) is 11.8 Å².